The van der Waals surface area contributed by atoms with Crippen LogP contribution < -0.4 is 0 Å². The molecule has 3 fully saturated rings. The molecule has 0 N–H and O–H groups in total. The summed E-state index contributed by atoms with van der Waals surface area (Å²) in [6.07, 6.45) is 23.6. The summed E-state index contributed by atoms with van der Waals surface area (Å²) >= 11 is 0. The van der Waals surface area contributed by atoms with E-state index in [1.807, 2.05) is 5.57 Å². The van der Waals surface area contributed by atoms with Crippen molar-refractivity contribution in [1.82, 2.24) is 0 Å². The van der Waals surface area contributed by atoms with Crippen molar-refractivity contribution >= 4 is 21.6 Å². The van der Waals surface area contributed by atoms with Gasteiger partial charge < -0.3 is 0 Å². The van der Waals surface area contributed by atoms with Crippen molar-refractivity contribution in [1.29, 1.82) is 0 Å². The van der Waals surface area contributed by atoms with Crippen LogP contribution in [0.5, 0.6) is 0 Å². The molecule has 0 spiro atoms. The second-order valence-corrected chi connectivity index (χ2v) is 15.4. The Hall–Kier alpha value is 0.180. The zero-order valence-corrected chi connectivity index (χ0v) is 23.2. The Labute approximate surface area is 208 Å². The van der Waals surface area contributed by atoms with Crippen molar-refractivity contribution in [2.45, 2.75) is 116 Å². The molecule has 3 saturated carbocycles. The Morgan fingerprint density at radius 3 is 2.72 bits per heavy atom. The van der Waals surface area contributed by atoms with Crippen LogP contribution in [0.3, 0.4) is 0 Å². The molecule has 4 rings (SSSR count). The molecule has 0 bridgehead atoms. The van der Waals surface area contributed by atoms with Crippen LogP contribution in [0.2, 0.25) is 0 Å². The van der Waals surface area contributed by atoms with E-state index in [1.165, 1.54) is 82.8 Å². The average molecular weight is 475 g/mol. The lowest BCUT2D eigenvalue weighted by atomic mass is 9.47. The maximum atomic E-state index is 3.87. The van der Waals surface area contributed by atoms with E-state index in [9.17, 15) is 0 Å². The second kappa shape index (κ2) is 10.8. The molecule has 0 nitrogen and oxygen atoms in total. The molecule has 182 valence electrons. The maximum absolute atomic E-state index is 3.87. The molecule has 0 aromatic rings. The van der Waals surface area contributed by atoms with Crippen molar-refractivity contribution in [2.24, 2.45) is 40.4 Å². The molecule has 7 unspecified atom stereocenters. The van der Waals surface area contributed by atoms with E-state index in [0.29, 0.717) is 10.8 Å². The number of fused-ring (bicyclic) bond motifs is 5. The molecule has 2 heteroatoms. The topological polar surface area (TPSA) is 0 Å². The Kier molecular flexibility index (Phi) is 8.56. The number of hydrogen-bond acceptors (Lipinski definition) is 2. The molecule has 4 aliphatic rings. The van der Waals surface area contributed by atoms with Gasteiger partial charge in [0.25, 0.3) is 0 Å². The first-order valence-corrected chi connectivity index (χ1v) is 16.4. The van der Waals surface area contributed by atoms with Crippen molar-refractivity contribution in [3.63, 3.8) is 0 Å². The van der Waals surface area contributed by atoms with E-state index < -0.39 is 0 Å². The van der Waals surface area contributed by atoms with E-state index in [4.69, 9.17) is 0 Å². The monoisotopic (exact) mass is 474 g/mol. The minimum atomic E-state index is 0.516. The zero-order chi connectivity index (χ0) is 22.8. The van der Waals surface area contributed by atoms with Gasteiger partial charge in [0.05, 0.1) is 0 Å². The highest BCUT2D eigenvalue weighted by Gasteiger charge is 2.58. The number of unbranched alkanes of at least 4 members (excludes halogenated alkanes) is 1. The minimum absolute atomic E-state index is 0.516. The van der Waals surface area contributed by atoms with Crippen LogP contribution in [0.15, 0.2) is 24.3 Å². The maximum Gasteiger partial charge on any atom is 0.0189 e. The van der Waals surface area contributed by atoms with E-state index in [-0.39, 0.29) is 0 Å². The van der Waals surface area contributed by atoms with E-state index in [0.717, 1.165) is 41.3 Å². The smallest absolute Gasteiger partial charge is 0.0189 e. The normalized spacial score (nSPS) is 41.0. The van der Waals surface area contributed by atoms with Gasteiger partial charge in [-0.25, -0.2) is 0 Å². The molecule has 7 atom stereocenters. The fourth-order valence-corrected chi connectivity index (χ4v) is 11.2. The Morgan fingerprint density at radius 1 is 1.09 bits per heavy atom. The summed E-state index contributed by atoms with van der Waals surface area (Å²) in [5.41, 5.74) is 3.02. The zero-order valence-electron chi connectivity index (χ0n) is 21.5. The predicted octanol–water partition coefficient (Wildman–Crippen LogP) is 10.1. The van der Waals surface area contributed by atoms with Crippen LogP contribution in [0.25, 0.3) is 0 Å². The lowest BCUT2D eigenvalue weighted by Crippen LogP contribution is -2.50. The third kappa shape index (κ3) is 5.07. The SMILES string of the molecule is C=CCCSSC1CCC2(C)C(=CCC3C2CCC2(C)C(CCCCC(C)C)CCC32)C1. The Bertz CT molecular complexity index is 666. The van der Waals surface area contributed by atoms with E-state index >= 15 is 0 Å². The van der Waals surface area contributed by atoms with Crippen molar-refractivity contribution in [2.75, 3.05) is 5.75 Å². The third-order valence-electron chi connectivity index (χ3n) is 10.4. The van der Waals surface area contributed by atoms with Crippen LogP contribution in [0, 0.1) is 40.4 Å². The van der Waals surface area contributed by atoms with Gasteiger partial charge in [-0.3, -0.25) is 0 Å². The molecule has 4 aliphatic carbocycles. The van der Waals surface area contributed by atoms with Gasteiger partial charge in [0.15, 0.2) is 0 Å². The number of rotatable bonds is 10. The first-order chi connectivity index (χ1) is 15.4. The molecule has 0 radical (unpaired) electrons. The molecule has 0 aromatic carbocycles. The largest absolute Gasteiger partial charge is 0.103 e. The lowest BCUT2D eigenvalue weighted by molar-refractivity contribution is -0.0421. The summed E-state index contributed by atoms with van der Waals surface area (Å²) in [7, 11) is 4.26. The fourth-order valence-electron chi connectivity index (χ4n) is 8.51. The number of hydrogen-bond donors (Lipinski definition) is 0. The molecule has 32 heavy (non-hydrogen) atoms. The van der Waals surface area contributed by atoms with Crippen LogP contribution in [-0.4, -0.2) is 11.0 Å². The average Bonchev–Trinajstić information content (AvgIpc) is 3.10. The molecule has 0 aromatic heterocycles. The predicted molar refractivity (Wildman–Crippen MR) is 147 cm³/mol. The third-order valence-corrected chi connectivity index (χ3v) is 13.4. The van der Waals surface area contributed by atoms with Gasteiger partial charge in [-0.05, 0) is 105 Å². The summed E-state index contributed by atoms with van der Waals surface area (Å²) in [5.74, 6) is 6.07. The summed E-state index contributed by atoms with van der Waals surface area (Å²) in [4.78, 5) is 0. The highest BCUT2D eigenvalue weighted by atomic mass is 33.1. The van der Waals surface area contributed by atoms with Gasteiger partial charge in [-0.1, -0.05) is 86.3 Å². The van der Waals surface area contributed by atoms with Gasteiger partial charge in [-0.2, -0.15) is 0 Å². The molecule has 0 heterocycles. The molecule has 0 aliphatic heterocycles. The molecule has 0 saturated heterocycles. The minimum Gasteiger partial charge on any atom is -0.103 e. The summed E-state index contributed by atoms with van der Waals surface area (Å²) < 4.78 is 0. The van der Waals surface area contributed by atoms with E-state index in [2.05, 4.69) is 68.0 Å². The number of allylic oxidation sites excluding steroid dienone is 3. The van der Waals surface area contributed by atoms with Gasteiger partial charge >= 0.3 is 0 Å². The Balaban J connectivity index is 1.37. The van der Waals surface area contributed by atoms with Crippen LogP contribution in [0.1, 0.15) is 111 Å². The highest BCUT2D eigenvalue weighted by Crippen LogP contribution is 2.67. The Morgan fingerprint density at radius 2 is 1.94 bits per heavy atom. The first-order valence-electron chi connectivity index (χ1n) is 14.0. The summed E-state index contributed by atoms with van der Waals surface area (Å²) in [6.45, 7) is 14.0. The van der Waals surface area contributed by atoms with Gasteiger partial charge in [-0.15, -0.1) is 6.58 Å². The summed E-state index contributed by atoms with van der Waals surface area (Å²) in [5, 5.41) is 0.844. The highest BCUT2D eigenvalue weighted by molar-refractivity contribution is 8.76. The quantitative estimate of drug-likeness (QED) is 0.175. The molecular weight excluding hydrogens is 424 g/mol. The van der Waals surface area contributed by atoms with Crippen LogP contribution in [-0.2, 0) is 0 Å². The molecule has 0 amide bonds. The van der Waals surface area contributed by atoms with Gasteiger partial charge in [0.2, 0.25) is 0 Å². The van der Waals surface area contributed by atoms with Crippen LogP contribution >= 0.6 is 21.6 Å². The van der Waals surface area contributed by atoms with E-state index in [1.54, 1.807) is 0 Å². The lowest BCUT2D eigenvalue weighted by Gasteiger charge is -2.58. The summed E-state index contributed by atoms with van der Waals surface area (Å²) in [6, 6.07) is 0. The van der Waals surface area contributed by atoms with Crippen LogP contribution in [0.4, 0.5) is 0 Å². The second-order valence-electron chi connectivity index (χ2n) is 12.6. The van der Waals surface area contributed by atoms with Crippen molar-refractivity contribution in [3.05, 3.63) is 24.3 Å². The van der Waals surface area contributed by atoms with Gasteiger partial charge in [0, 0.05) is 11.0 Å². The van der Waals surface area contributed by atoms with Gasteiger partial charge in [0.1, 0.15) is 0 Å². The molecular formula is C30H50S2. The van der Waals surface area contributed by atoms with Crippen molar-refractivity contribution < 1.29 is 0 Å². The fraction of sp³-hybridized carbons (Fsp3) is 0.867. The van der Waals surface area contributed by atoms with Crippen molar-refractivity contribution in [3.8, 4) is 0 Å². The standard InChI is InChI=1S/C30H50S2/c1-6-7-20-31-32-25-16-18-30(5)24(21-25)12-14-26-27-15-13-23(11-9-8-10-22(2)3)29(27,4)19-17-28(26)30/h6,12,22-23,25-28H,1,7-11,13-21H2,2-5H3. The first kappa shape index (κ1) is 25.3.